The summed E-state index contributed by atoms with van der Waals surface area (Å²) in [4.78, 5) is 23.8. The van der Waals surface area contributed by atoms with E-state index in [4.69, 9.17) is 0 Å². The van der Waals surface area contributed by atoms with Gasteiger partial charge in [-0.15, -0.1) is 0 Å². The summed E-state index contributed by atoms with van der Waals surface area (Å²) in [5.41, 5.74) is 7.22. The minimum atomic E-state index is -0.184. The third-order valence-corrected chi connectivity index (χ3v) is 4.07. The summed E-state index contributed by atoms with van der Waals surface area (Å²) in [6.45, 7) is 0. The van der Waals surface area contributed by atoms with Crippen molar-refractivity contribution in [3.63, 3.8) is 0 Å². The molecule has 0 aliphatic heterocycles. The first-order valence-electron chi connectivity index (χ1n) is 7.92. The predicted molar refractivity (Wildman–Crippen MR) is 88.4 cm³/mol. The van der Waals surface area contributed by atoms with Crippen LogP contribution in [0.2, 0.25) is 0 Å². The van der Waals surface area contributed by atoms with Crippen molar-refractivity contribution in [2.45, 2.75) is 25.2 Å². The van der Waals surface area contributed by atoms with Crippen molar-refractivity contribution >= 4 is 11.8 Å². The summed E-state index contributed by atoms with van der Waals surface area (Å²) in [5, 5.41) is 0. The van der Waals surface area contributed by atoms with Gasteiger partial charge in [0.05, 0.1) is 0 Å². The van der Waals surface area contributed by atoms with E-state index in [9.17, 15) is 9.59 Å². The number of amides is 2. The van der Waals surface area contributed by atoms with Crippen LogP contribution < -0.4 is 10.9 Å². The average Bonchev–Trinajstić information content (AvgIpc) is 3.44. The molecule has 118 valence electrons. The van der Waals surface area contributed by atoms with Crippen LogP contribution in [0.25, 0.3) is 0 Å². The third kappa shape index (κ3) is 4.19. The quantitative estimate of drug-likeness (QED) is 0.835. The second kappa shape index (κ2) is 7.09. The van der Waals surface area contributed by atoms with E-state index >= 15 is 0 Å². The van der Waals surface area contributed by atoms with Crippen LogP contribution in [0.4, 0.5) is 0 Å². The van der Waals surface area contributed by atoms with Crippen LogP contribution in [-0.2, 0) is 9.59 Å². The maximum absolute atomic E-state index is 12.2. The van der Waals surface area contributed by atoms with Gasteiger partial charge < -0.3 is 0 Å². The number of carbonyl (C=O) groups excluding carboxylic acids is 2. The zero-order chi connectivity index (χ0) is 16.1. The van der Waals surface area contributed by atoms with Crippen molar-refractivity contribution in [3.05, 3.63) is 71.8 Å². The van der Waals surface area contributed by atoms with Crippen LogP contribution in [0, 0.1) is 5.92 Å². The Bertz CT molecular complexity index is 627. The molecule has 0 atom stereocenters. The molecule has 1 aliphatic carbocycles. The number of hydrazine groups is 1. The van der Waals surface area contributed by atoms with Crippen molar-refractivity contribution in [1.29, 1.82) is 0 Å². The molecule has 0 heterocycles. The van der Waals surface area contributed by atoms with Crippen LogP contribution in [0.5, 0.6) is 0 Å². The van der Waals surface area contributed by atoms with Gasteiger partial charge in [0.15, 0.2) is 0 Å². The molecule has 0 spiro atoms. The van der Waals surface area contributed by atoms with Crippen LogP contribution in [0.3, 0.4) is 0 Å². The summed E-state index contributed by atoms with van der Waals surface area (Å²) in [6.07, 6.45) is 2.12. The number of hydrogen-bond acceptors (Lipinski definition) is 2. The molecule has 4 heteroatoms. The summed E-state index contributed by atoms with van der Waals surface area (Å²) in [6, 6.07) is 19.9. The Morgan fingerprint density at radius 3 is 1.87 bits per heavy atom. The standard InChI is InChI=1S/C19H20N2O2/c22-18(20-21-19(23)16-11-12-16)13-17(14-7-3-1-4-8-14)15-9-5-2-6-10-15/h1-10,16-17H,11-13H2,(H,20,22)(H,21,23). The first kappa shape index (κ1) is 15.3. The van der Waals surface area contributed by atoms with Crippen molar-refractivity contribution in [3.8, 4) is 0 Å². The van der Waals surface area contributed by atoms with Gasteiger partial charge in [-0.2, -0.15) is 0 Å². The van der Waals surface area contributed by atoms with Crippen LogP contribution in [0.15, 0.2) is 60.7 Å². The van der Waals surface area contributed by atoms with Gasteiger partial charge in [0.2, 0.25) is 11.8 Å². The highest BCUT2D eigenvalue weighted by Gasteiger charge is 2.30. The van der Waals surface area contributed by atoms with Gasteiger partial charge in [0.1, 0.15) is 0 Å². The molecule has 0 radical (unpaired) electrons. The Morgan fingerprint density at radius 1 is 0.870 bits per heavy atom. The highest BCUT2D eigenvalue weighted by Crippen LogP contribution is 2.29. The minimum Gasteiger partial charge on any atom is -0.273 e. The lowest BCUT2D eigenvalue weighted by atomic mass is 9.88. The molecule has 1 aliphatic rings. The molecular weight excluding hydrogens is 288 g/mol. The van der Waals surface area contributed by atoms with Crippen molar-refractivity contribution in [1.82, 2.24) is 10.9 Å². The molecule has 2 aromatic rings. The maximum atomic E-state index is 12.2. The summed E-state index contributed by atoms with van der Waals surface area (Å²) < 4.78 is 0. The van der Waals surface area contributed by atoms with E-state index in [0.717, 1.165) is 24.0 Å². The normalized spacial score (nSPS) is 13.6. The number of carbonyl (C=O) groups is 2. The highest BCUT2D eigenvalue weighted by molar-refractivity contribution is 5.85. The fraction of sp³-hybridized carbons (Fsp3) is 0.263. The van der Waals surface area contributed by atoms with Gasteiger partial charge in [0.25, 0.3) is 0 Å². The zero-order valence-electron chi connectivity index (χ0n) is 12.9. The van der Waals surface area contributed by atoms with E-state index in [1.54, 1.807) is 0 Å². The summed E-state index contributed by atoms with van der Waals surface area (Å²) in [7, 11) is 0. The Balaban J connectivity index is 1.68. The second-order valence-electron chi connectivity index (χ2n) is 5.89. The molecule has 2 amide bonds. The smallest absolute Gasteiger partial charge is 0.241 e. The van der Waals surface area contributed by atoms with E-state index in [0.29, 0.717) is 6.42 Å². The average molecular weight is 308 g/mol. The van der Waals surface area contributed by atoms with E-state index < -0.39 is 0 Å². The molecular formula is C19H20N2O2. The van der Waals surface area contributed by atoms with E-state index in [-0.39, 0.29) is 23.7 Å². The van der Waals surface area contributed by atoms with Crippen LogP contribution >= 0.6 is 0 Å². The topological polar surface area (TPSA) is 58.2 Å². The molecule has 3 rings (SSSR count). The number of nitrogens with one attached hydrogen (secondary N) is 2. The first-order valence-corrected chi connectivity index (χ1v) is 7.92. The maximum Gasteiger partial charge on any atom is 0.241 e. The molecule has 1 fully saturated rings. The van der Waals surface area contributed by atoms with E-state index in [1.807, 2.05) is 60.7 Å². The lowest BCUT2D eigenvalue weighted by Crippen LogP contribution is -2.42. The monoisotopic (exact) mass is 308 g/mol. The Hall–Kier alpha value is -2.62. The number of benzene rings is 2. The van der Waals surface area contributed by atoms with Gasteiger partial charge >= 0.3 is 0 Å². The number of rotatable bonds is 5. The minimum absolute atomic E-state index is 0.0322. The molecule has 2 N–H and O–H groups in total. The van der Waals surface area contributed by atoms with E-state index in [1.165, 1.54) is 0 Å². The van der Waals surface area contributed by atoms with Gasteiger partial charge in [-0.1, -0.05) is 60.7 Å². The molecule has 0 bridgehead atoms. The molecule has 0 aromatic heterocycles. The number of hydrogen-bond donors (Lipinski definition) is 2. The Labute approximate surface area is 135 Å². The third-order valence-electron chi connectivity index (χ3n) is 4.07. The lowest BCUT2D eigenvalue weighted by Gasteiger charge is -2.18. The van der Waals surface area contributed by atoms with Crippen LogP contribution in [0.1, 0.15) is 36.3 Å². The van der Waals surface area contributed by atoms with Crippen molar-refractivity contribution in [2.75, 3.05) is 0 Å². The second-order valence-corrected chi connectivity index (χ2v) is 5.89. The molecule has 4 nitrogen and oxygen atoms in total. The van der Waals surface area contributed by atoms with Crippen molar-refractivity contribution < 1.29 is 9.59 Å². The largest absolute Gasteiger partial charge is 0.273 e. The fourth-order valence-corrected chi connectivity index (χ4v) is 2.61. The lowest BCUT2D eigenvalue weighted by molar-refractivity contribution is -0.129. The Morgan fingerprint density at radius 2 is 1.39 bits per heavy atom. The van der Waals surface area contributed by atoms with Crippen molar-refractivity contribution in [2.24, 2.45) is 5.92 Å². The molecule has 1 saturated carbocycles. The van der Waals surface area contributed by atoms with E-state index in [2.05, 4.69) is 10.9 Å². The Kier molecular flexibility index (Phi) is 4.71. The van der Waals surface area contributed by atoms with Crippen LogP contribution in [-0.4, -0.2) is 11.8 Å². The SMILES string of the molecule is O=C(CC(c1ccccc1)c1ccccc1)NNC(=O)C1CC1. The molecule has 23 heavy (non-hydrogen) atoms. The highest BCUT2D eigenvalue weighted by atomic mass is 16.2. The van der Waals surface area contributed by atoms with Gasteiger partial charge in [-0.3, -0.25) is 20.4 Å². The molecule has 0 unspecified atom stereocenters. The summed E-state index contributed by atoms with van der Waals surface area (Å²) >= 11 is 0. The molecule has 0 saturated heterocycles. The zero-order valence-corrected chi connectivity index (χ0v) is 12.9. The molecule has 2 aromatic carbocycles. The first-order chi connectivity index (χ1) is 11.2. The van der Waals surface area contributed by atoms with Gasteiger partial charge in [-0.05, 0) is 24.0 Å². The fourth-order valence-electron chi connectivity index (χ4n) is 2.61. The summed E-state index contributed by atoms with van der Waals surface area (Å²) in [5.74, 6) is -0.226. The predicted octanol–water partition coefficient (Wildman–Crippen LogP) is 2.77. The van der Waals surface area contributed by atoms with Gasteiger partial charge in [-0.25, -0.2) is 0 Å². The van der Waals surface area contributed by atoms with Gasteiger partial charge in [0, 0.05) is 18.3 Å².